The van der Waals surface area contributed by atoms with Crippen molar-refractivity contribution in [1.82, 2.24) is 4.98 Å². The normalized spacial score (nSPS) is 12.0. The summed E-state index contributed by atoms with van der Waals surface area (Å²) < 4.78 is 0. The van der Waals surface area contributed by atoms with E-state index in [-0.39, 0.29) is 6.61 Å². The molecule has 0 saturated carbocycles. The second kappa shape index (κ2) is 4.20. The van der Waals surface area contributed by atoms with Crippen LogP contribution in [0.1, 0.15) is 31.5 Å². The first kappa shape index (κ1) is 10.7. The van der Waals surface area contributed by atoms with Crippen molar-refractivity contribution in [3.63, 3.8) is 0 Å². The third-order valence-corrected chi connectivity index (χ3v) is 2.55. The van der Waals surface area contributed by atoms with E-state index in [1.165, 1.54) is 5.01 Å². The van der Waals surface area contributed by atoms with Crippen molar-refractivity contribution >= 4 is 11.3 Å². The van der Waals surface area contributed by atoms with Gasteiger partial charge in [0, 0.05) is 24.8 Å². The molecule has 0 aromatic carbocycles. The summed E-state index contributed by atoms with van der Waals surface area (Å²) in [6, 6.07) is 0. The second-order valence-corrected chi connectivity index (χ2v) is 5.39. The van der Waals surface area contributed by atoms with Gasteiger partial charge in [0.2, 0.25) is 0 Å². The van der Waals surface area contributed by atoms with Gasteiger partial charge in [-0.2, -0.15) is 0 Å². The molecule has 1 aromatic rings. The Balaban J connectivity index is 2.59. The van der Waals surface area contributed by atoms with Crippen LogP contribution in [-0.4, -0.2) is 16.7 Å². The summed E-state index contributed by atoms with van der Waals surface area (Å²) in [5.74, 6) is 0. The zero-order valence-corrected chi connectivity index (χ0v) is 9.32. The van der Waals surface area contributed by atoms with Gasteiger partial charge in [-0.15, -0.1) is 11.3 Å². The fourth-order valence-electron chi connectivity index (χ4n) is 1.11. The molecule has 3 heteroatoms. The van der Waals surface area contributed by atoms with Crippen molar-refractivity contribution < 1.29 is 5.11 Å². The van der Waals surface area contributed by atoms with E-state index in [1.54, 1.807) is 11.3 Å². The summed E-state index contributed by atoms with van der Waals surface area (Å²) in [5, 5.41) is 11.9. The maximum absolute atomic E-state index is 8.73. The standard InChI is InChI=1S/C10H17NOS/c1-10(2,3)6-9-11-8(4-5-12)7-13-9/h7,12H,4-6H2,1-3H3. The first-order chi connectivity index (χ1) is 6.01. The van der Waals surface area contributed by atoms with E-state index in [2.05, 4.69) is 25.8 Å². The number of nitrogens with zero attached hydrogens (tertiary/aromatic N) is 1. The van der Waals surface area contributed by atoms with Crippen molar-refractivity contribution in [1.29, 1.82) is 0 Å². The van der Waals surface area contributed by atoms with E-state index >= 15 is 0 Å². The number of aliphatic hydroxyl groups excluding tert-OH is 1. The van der Waals surface area contributed by atoms with Crippen molar-refractivity contribution in [2.75, 3.05) is 6.61 Å². The highest BCUT2D eigenvalue weighted by molar-refractivity contribution is 7.09. The van der Waals surface area contributed by atoms with Crippen LogP contribution in [-0.2, 0) is 12.8 Å². The number of thiazole rings is 1. The van der Waals surface area contributed by atoms with Gasteiger partial charge >= 0.3 is 0 Å². The smallest absolute Gasteiger partial charge is 0.0933 e. The zero-order valence-electron chi connectivity index (χ0n) is 8.50. The molecule has 0 amide bonds. The van der Waals surface area contributed by atoms with Crippen LogP contribution in [0.2, 0.25) is 0 Å². The lowest BCUT2D eigenvalue weighted by atomic mass is 9.93. The molecule has 0 saturated heterocycles. The minimum atomic E-state index is 0.193. The molecule has 1 N–H and O–H groups in total. The molecule has 1 aromatic heterocycles. The molecule has 0 unspecified atom stereocenters. The maximum Gasteiger partial charge on any atom is 0.0933 e. The average molecular weight is 199 g/mol. The van der Waals surface area contributed by atoms with Crippen LogP contribution in [0.3, 0.4) is 0 Å². The number of aromatic nitrogens is 1. The van der Waals surface area contributed by atoms with E-state index in [1.807, 2.05) is 5.38 Å². The van der Waals surface area contributed by atoms with E-state index < -0.39 is 0 Å². The molecule has 74 valence electrons. The molecule has 0 aliphatic carbocycles. The van der Waals surface area contributed by atoms with Crippen LogP contribution >= 0.6 is 11.3 Å². The van der Waals surface area contributed by atoms with E-state index in [0.717, 1.165) is 12.1 Å². The van der Waals surface area contributed by atoms with Gasteiger partial charge in [0.05, 0.1) is 10.7 Å². The predicted molar refractivity (Wildman–Crippen MR) is 56.1 cm³/mol. The highest BCUT2D eigenvalue weighted by Crippen LogP contribution is 2.22. The largest absolute Gasteiger partial charge is 0.396 e. The van der Waals surface area contributed by atoms with Crippen molar-refractivity contribution in [3.05, 3.63) is 16.1 Å². The Morgan fingerprint density at radius 3 is 2.69 bits per heavy atom. The molecule has 13 heavy (non-hydrogen) atoms. The Bertz CT molecular complexity index is 262. The average Bonchev–Trinajstić information content (AvgIpc) is 2.33. The summed E-state index contributed by atoms with van der Waals surface area (Å²) in [6.07, 6.45) is 1.70. The number of hydrogen-bond donors (Lipinski definition) is 1. The number of rotatable bonds is 3. The quantitative estimate of drug-likeness (QED) is 0.810. The molecule has 0 atom stereocenters. The van der Waals surface area contributed by atoms with Gasteiger partial charge in [0.15, 0.2) is 0 Å². The van der Waals surface area contributed by atoms with Crippen molar-refractivity contribution in [2.45, 2.75) is 33.6 Å². The highest BCUT2D eigenvalue weighted by atomic mass is 32.1. The fourth-order valence-corrected chi connectivity index (χ4v) is 2.24. The van der Waals surface area contributed by atoms with Crippen LogP contribution in [0.4, 0.5) is 0 Å². The molecule has 0 aliphatic rings. The molecule has 0 spiro atoms. The molecule has 0 radical (unpaired) electrons. The zero-order chi connectivity index (χ0) is 9.90. The number of hydrogen-bond acceptors (Lipinski definition) is 3. The van der Waals surface area contributed by atoms with Crippen LogP contribution < -0.4 is 0 Å². The van der Waals surface area contributed by atoms with Crippen molar-refractivity contribution in [2.24, 2.45) is 5.41 Å². The topological polar surface area (TPSA) is 33.1 Å². The molecule has 0 bridgehead atoms. The highest BCUT2D eigenvalue weighted by Gasteiger charge is 2.13. The van der Waals surface area contributed by atoms with Gasteiger partial charge < -0.3 is 5.11 Å². The first-order valence-corrected chi connectivity index (χ1v) is 5.43. The lowest BCUT2D eigenvalue weighted by molar-refractivity contribution is 0.298. The molecular formula is C10H17NOS. The van der Waals surface area contributed by atoms with Gasteiger partial charge in [-0.1, -0.05) is 20.8 Å². The van der Waals surface area contributed by atoms with Crippen LogP contribution in [0.25, 0.3) is 0 Å². The van der Waals surface area contributed by atoms with Crippen LogP contribution in [0.5, 0.6) is 0 Å². The molecule has 2 nitrogen and oxygen atoms in total. The Hall–Kier alpha value is -0.410. The lowest BCUT2D eigenvalue weighted by Gasteiger charge is -2.15. The predicted octanol–water partition coefficient (Wildman–Crippen LogP) is 2.27. The third-order valence-electron chi connectivity index (χ3n) is 1.65. The Morgan fingerprint density at radius 2 is 2.15 bits per heavy atom. The van der Waals surface area contributed by atoms with Crippen molar-refractivity contribution in [3.8, 4) is 0 Å². The minimum Gasteiger partial charge on any atom is -0.396 e. The van der Waals surface area contributed by atoms with Crippen LogP contribution in [0, 0.1) is 5.41 Å². The van der Waals surface area contributed by atoms with Gasteiger partial charge in [0.25, 0.3) is 0 Å². The van der Waals surface area contributed by atoms with Gasteiger partial charge in [-0.05, 0) is 5.41 Å². The SMILES string of the molecule is CC(C)(C)Cc1nc(CCO)cs1. The minimum absolute atomic E-state index is 0.193. The molecule has 0 aliphatic heterocycles. The Kier molecular flexibility index (Phi) is 3.45. The summed E-state index contributed by atoms with van der Waals surface area (Å²) in [7, 11) is 0. The number of aliphatic hydroxyl groups is 1. The first-order valence-electron chi connectivity index (χ1n) is 4.55. The summed E-state index contributed by atoms with van der Waals surface area (Å²) in [5.41, 5.74) is 1.32. The van der Waals surface area contributed by atoms with E-state index in [9.17, 15) is 0 Å². The van der Waals surface area contributed by atoms with Gasteiger partial charge in [-0.25, -0.2) is 4.98 Å². The van der Waals surface area contributed by atoms with Gasteiger partial charge in [-0.3, -0.25) is 0 Å². The van der Waals surface area contributed by atoms with Gasteiger partial charge in [0.1, 0.15) is 0 Å². The Labute approximate surface area is 83.6 Å². The lowest BCUT2D eigenvalue weighted by Crippen LogP contribution is -2.08. The summed E-state index contributed by atoms with van der Waals surface area (Å²) in [4.78, 5) is 4.44. The molecule has 1 rings (SSSR count). The monoisotopic (exact) mass is 199 g/mol. The molecule has 0 fully saturated rings. The molecular weight excluding hydrogens is 182 g/mol. The second-order valence-electron chi connectivity index (χ2n) is 4.44. The fraction of sp³-hybridized carbons (Fsp3) is 0.700. The van der Waals surface area contributed by atoms with E-state index in [0.29, 0.717) is 11.8 Å². The summed E-state index contributed by atoms with van der Waals surface area (Å²) >= 11 is 1.69. The summed E-state index contributed by atoms with van der Waals surface area (Å²) in [6.45, 7) is 6.82. The molecule has 1 heterocycles. The maximum atomic E-state index is 8.73. The van der Waals surface area contributed by atoms with Crippen LogP contribution in [0.15, 0.2) is 5.38 Å². The third kappa shape index (κ3) is 3.87. The Morgan fingerprint density at radius 1 is 1.46 bits per heavy atom. The van der Waals surface area contributed by atoms with E-state index in [4.69, 9.17) is 5.11 Å².